The van der Waals surface area contributed by atoms with Crippen molar-refractivity contribution in [3.63, 3.8) is 0 Å². The topological polar surface area (TPSA) is 62.8 Å². The van der Waals surface area contributed by atoms with Crippen molar-refractivity contribution in [1.82, 2.24) is 20.2 Å². The van der Waals surface area contributed by atoms with Crippen LogP contribution < -0.4 is 19.7 Å². The van der Waals surface area contributed by atoms with Gasteiger partial charge >= 0.3 is 12.2 Å². The number of hydrogen-bond donors (Lipinski definition) is 1. The van der Waals surface area contributed by atoms with Crippen LogP contribution in [-0.2, 0) is 0 Å². The van der Waals surface area contributed by atoms with E-state index in [1.165, 1.54) is 33.0 Å². The van der Waals surface area contributed by atoms with E-state index in [-0.39, 0.29) is 22.7 Å². The molecule has 0 aliphatic carbocycles. The minimum atomic E-state index is -4.48. The zero-order valence-corrected chi connectivity index (χ0v) is 21.6. The number of rotatable bonds is 5. The molecule has 1 spiro atoms. The third-order valence-corrected chi connectivity index (χ3v) is 7.54. The first-order chi connectivity index (χ1) is 16.6. The second kappa shape index (κ2) is 10.5. The Bertz CT molecular complexity index is 1070. The zero-order valence-electron chi connectivity index (χ0n) is 20.1. The Hall–Kier alpha value is -2.11. The van der Waals surface area contributed by atoms with E-state index in [2.05, 4.69) is 54.6 Å². The van der Waals surface area contributed by atoms with Crippen molar-refractivity contribution in [2.45, 2.75) is 25.4 Å². The third-order valence-electron chi connectivity index (χ3n) is 6.72. The van der Waals surface area contributed by atoms with Gasteiger partial charge in [-0.1, -0.05) is 12.7 Å². The summed E-state index contributed by atoms with van der Waals surface area (Å²) in [6.07, 6.45) is 0.927. The summed E-state index contributed by atoms with van der Waals surface area (Å²) in [7, 11) is 3.60. The fourth-order valence-electron chi connectivity index (χ4n) is 4.72. The lowest BCUT2D eigenvalue weighted by atomic mass is 9.81. The quantitative estimate of drug-likeness (QED) is 0.580. The van der Waals surface area contributed by atoms with Gasteiger partial charge in [0.15, 0.2) is 12.4 Å². The molecule has 35 heavy (non-hydrogen) atoms. The largest absolute Gasteiger partial charge is 0.481 e. The first-order valence-corrected chi connectivity index (χ1v) is 12.5. The molecule has 5 rings (SSSR count). The van der Waals surface area contributed by atoms with Crippen molar-refractivity contribution in [1.29, 1.82) is 0 Å². The molecule has 1 N–H and O–H groups in total. The number of nitrogens with one attached hydrogen (secondary N) is 1. The van der Waals surface area contributed by atoms with Crippen molar-refractivity contribution in [3.05, 3.63) is 22.7 Å². The lowest BCUT2D eigenvalue weighted by molar-refractivity contribution is -0.153. The van der Waals surface area contributed by atoms with Crippen LogP contribution in [0.5, 0.6) is 11.8 Å². The maximum atomic E-state index is 12.8. The molecule has 0 atom stereocenters. The number of likely N-dealkylation sites (tertiary alicyclic amines) is 1. The molecule has 11 heteroatoms. The van der Waals surface area contributed by atoms with Gasteiger partial charge in [-0.25, -0.2) is 0 Å². The van der Waals surface area contributed by atoms with Gasteiger partial charge in [-0.05, 0) is 67.0 Å². The smallest absolute Gasteiger partial charge is 0.422 e. The number of anilines is 1. The molecule has 192 valence electrons. The Labute approximate surface area is 211 Å². The first-order valence-electron chi connectivity index (χ1n) is 11.7. The molecular weight excluding hydrogens is 527 g/mol. The molecule has 1 aromatic heterocycles. The summed E-state index contributed by atoms with van der Waals surface area (Å²) in [6, 6.07) is 1.89. The van der Waals surface area contributed by atoms with Crippen LogP contribution in [0.1, 0.15) is 24.8 Å². The second-order valence-electron chi connectivity index (χ2n) is 9.43. The molecule has 0 radical (unpaired) electrons. The maximum Gasteiger partial charge on any atom is 0.422 e. The average Bonchev–Trinajstić information content (AvgIpc) is 3.46. The van der Waals surface area contributed by atoms with E-state index >= 15 is 0 Å². The monoisotopic (exact) mass is 557 g/mol. The molecule has 0 unspecified atom stereocenters. The van der Waals surface area contributed by atoms with Gasteiger partial charge in [0.25, 0.3) is 0 Å². The highest BCUT2D eigenvalue weighted by Crippen LogP contribution is 2.43. The highest BCUT2D eigenvalue weighted by molar-refractivity contribution is 9.10. The summed E-state index contributed by atoms with van der Waals surface area (Å²) in [6.45, 7) is 8.49. The van der Waals surface area contributed by atoms with E-state index < -0.39 is 12.8 Å². The van der Waals surface area contributed by atoms with E-state index in [0.29, 0.717) is 21.2 Å². The lowest BCUT2D eigenvalue weighted by Crippen LogP contribution is -2.54. The van der Waals surface area contributed by atoms with Gasteiger partial charge in [0.1, 0.15) is 11.3 Å². The Morgan fingerprint density at radius 3 is 2.43 bits per heavy atom. The molecule has 0 bridgehead atoms. The van der Waals surface area contributed by atoms with Crippen molar-refractivity contribution >= 4 is 38.7 Å². The van der Waals surface area contributed by atoms with Crippen LogP contribution in [0.2, 0.25) is 0 Å². The molecule has 4 heterocycles. The number of aromatic nitrogens is 2. The van der Waals surface area contributed by atoms with Gasteiger partial charge in [0.2, 0.25) is 0 Å². The Morgan fingerprint density at radius 1 is 1.23 bits per heavy atom. The molecular formula is C24H31BrF3N5O2. The number of nitrogens with zero attached hydrogens (tertiary/aromatic N) is 4. The average molecular weight is 558 g/mol. The van der Waals surface area contributed by atoms with Crippen molar-refractivity contribution in [2.24, 2.45) is 5.41 Å². The van der Waals surface area contributed by atoms with Gasteiger partial charge in [0.05, 0.1) is 11.6 Å². The Kier molecular flexibility index (Phi) is 7.77. The predicted molar refractivity (Wildman–Crippen MR) is 134 cm³/mol. The number of alkyl halides is 3. The third kappa shape index (κ3) is 5.83. The highest BCUT2D eigenvalue weighted by Gasteiger charge is 2.44. The summed E-state index contributed by atoms with van der Waals surface area (Å²) in [5, 5.41) is 3.91. The summed E-state index contributed by atoms with van der Waals surface area (Å²) in [5.74, 6) is 0.624. The Balaban J connectivity index is 0.000000421. The fraction of sp³-hybridized carbons (Fsp3) is 0.583. The van der Waals surface area contributed by atoms with E-state index in [1.807, 2.05) is 6.07 Å². The van der Waals surface area contributed by atoms with Crippen molar-refractivity contribution in [2.75, 3.05) is 64.9 Å². The van der Waals surface area contributed by atoms with Gasteiger partial charge in [0, 0.05) is 37.0 Å². The molecule has 3 aliphatic heterocycles. The number of methoxy groups -OCH3 is 1. The molecule has 1 aromatic carbocycles. The summed E-state index contributed by atoms with van der Waals surface area (Å²) >= 11 is 3.34. The maximum absolute atomic E-state index is 12.8. The van der Waals surface area contributed by atoms with Gasteiger partial charge in [-0.15, -0.1) is 0 Å². The molecule has 2 aromatic rings. The summed E-state index contributed by atoms with van der Waals surface area (Å²) < 4.78 is 49.2. The predicted octanol–water partition coefficient (Wildman–Crippen LogP) is 4.50. The fourth-order valence-corrected chi connectivity index (χ4v) is 5.30. The molecule has 7 nitrogen and oxygen atoms in total. The van der Waals surface area contributed by atoms with Crippen LogP contribution in [0.15, 0.2) is 17.1 Å². The highest BCUT2D eigenvalue weighted by atomic mass is 79.9. The number of benzene rings is 1. The van der Waals surface area contributed by atoms with Gasteiger partial charge in [-0.3, -0.25) is 0 Å². The molecule has 0 amide bonds. The first kappa shape index (κ1) is 26.0. The van der Waals surface area contributed by atoms with Crippen LogP contribution >= 0.6 is 15.9 Å². The normalized spacial score (nSPS) is 19.4. The van der Waals surface area contributed by atoms with Crippen LogP contribution in [0.25, 0.3) is 17.0 Å². The summed E-state index contributed by atoms with van der Waals surface area (Å²) in [4.78, 5) is 13.3. The van der Waals surface area contributed by atoms with E-state index in [9.17, 15) is 13.2 Å². The van der Waals surface area contributed by atoms with E-state index in [1.54, 1.807) is 6.08 Å². The number of halogens is 4. The van der Waals surface area contributed by atoms with E-state index in [4.69, 9.17) is 9.47 Å². The van der Waals surface area contributed by atoms with Crippen molar-refractivity contribution in [3.8, 4) is 11.8 Å². The van der Waals surface area contributed by atoms with Crippen LogP contribution in [-0.4, -0.2) is 81.1 Å². The zero-order chi connectivity index (χ0) is 25.2. The Morgan fingerprint density at radius 2 is 1.94 bits per heavy atom. The lowest BCUT2D eigenvalue weighted by Gasteiger charge is -2.39. The van der Waals surface area contributed by atoms with Crippen molar-refractivity contribution < 1.29 is 22.6 Å². The number of fused-ring (bicyclic) bond motifs is 1. The summed E-state index contributed by atoms with van der Waals surface area (Å²) in [5.41, 5.74) is 1.08. The van der Waals surface area contributed by atoms with Crippen LogP contribution in [0.4, 0.5) is 19.0 Å². The van der Waals surface area contributed by atoms with E-state index in [0.717, 1.165) is 32.6 Å². The molecule has 3 fully saturated rings. The SMILES string of the molecule is C=Cc1cc2c(N3CCC4(CNC4)C3)nc(OC)nc2c(OCC(F)(F)F)c1Br.CN1CCCC1. The van der Waals surface area contributed by atoms with Gasteiger partial charge < -0.3 is 24.6 Å². The standard InChI is InChI=1S/C19H20BrF3N4O2.C5H11N/c1-3-11-6-12-14(15(13(11)20)29-10-19(21,22)23)25-17(28-2)26-16(12)27-5-4-18(9-27)7-24-8-18;1-6-4-2-3-5-6/h3,6,24H,1,4-5,7-10H2,2H3;2-5H2,1H3. The molecule has 3 saturated heterocycles. The minimum Gasteiger partial charge on any atom is -0.481 e. The van der Waals surface area contributed by atoms with Gasteiger partial charge in [-0.2, -0.15) is 23.1 Å². The second-order valence-corrected chi connectivity index (χ2v) is 10.2. The molecule has 3 aliphatic rings. The van der Waals surface area contributed by atoms with Crippen LogP contribution in [0.3, 0.4) is 0 Å². The minimum absolute atomic E-state index is 0.00380. The van der Waals surface area contributed by atoms with Crippen LogP contribution in [0, 0.1) is 5.41 Å². The number of ether oxygens (including phenoxy) is 2. The number of hydrogen-bond acceptors (Lipinski definition) is 7. The molecule has 0 saturated carbocycles.